The summed E-state index contributed by atoms with van der Waals surface area (Å²) in [7, 11) is 0. The zero-order valence-corrected chi connectivity index (χ0v) is 13.8. The van der Waals surface area contributed by atoms with Gasteiger partial charge < -0.3 is 9.47 Å². The molecule has 3 fully saturated rings. The molecule has 0 unspecified atom stereocenters. The number of nitrogens with zero attached hydrogens (tertiary/aromatic N) is 1. The first kappa shape index (κ1) is 15.1. The van der Waals surface area contributed by atoms with E-state index in [4.69, 9.17) is 9.47 Å². The van der Waals surface area contributed by atoms with Crippen LogP contribution in [0.25, 0.3) is 0 Å². The summed E-state index contributed by atoms with van der Waals surface area (Å²) >= 11 is 0. The molecule has 5 rings (SSSR count). The van der Waals surface area contributed by atoms with Crippen LogP contribution in [0.3, 0.4) is 0 Å². The topological polar surface area (TPSA) is 38.8 Å². The summed E-state index contributed by atoms with van der Waals surface area (Å²) in [5.41, 5.74) is 0.993. The average molecular weight is 323 g/mol. The first-order valence-electron chi connectivity index (χ1n) is 8.49. The van der Waals surface area contributed by atoms with Crippen LogP contribution in [0.15, 0.2) is 54.6 Å². The Hall–Kier alpha value is -2.49. The molecule has 0 radical (unpaired) electrons. The van der Waals surface area contributed by atoms with Gasteiger partial charge in [-0.2, -0.15) is 0 Å². The number of benzene rings is 2. The molecule has 2 saturated heterocycles. The summed E-state index contributed by atoms with van der Waals surface area (Å²) in [6, 6.07) is 17.8. The minimum atomic E-state index is -0.192. The summed E-state index contributed by atoms with van der Waals surface area (Å²) in [6.07, 6.45) is 1.87. The average Bonchev–Trinajstić information content (AvgIpc) is 3.13. The molecule has 0 spiro atoms. The summed E-state index contributed by atoms with van der Waals surface area (Å²) in [5, 5.41) is 0. The number of amides is 1. The lowest BCUT2D eigenvalue weighted by Crippen LogP contribution is -2.45. The minimum Gasteiger partial charge on any atom is -0.457 e. The lowest BCUT2D eigenvalue weighted by molar-refractivity contribution is 0.0649. The maximum Gasteiger partial charge on any atom is 0.410 e. The van der Waals surface area contributed by atoms with E-state index in [1.54, 1.807) is 0 Å². The molecule has 4 nitrogen and oxygen atoms in total. The Bertz CT molecular complexity index is 720. The number of hydrogen-bond donors (Lipinski definition) is 0. The van der Waals surface area contributed by atoms with Crippen LogP contribution < -0.4 is 4.74 Å². The minimum absolute atomic E-state index is 0.178. The second-order valence-electron chi connectivity index (χ2n) is 6.55. The van der Waals surface area contributed by atoms with Crippen molar-refractivity contribution in [1.82, 2.24) is 4.90 Å². The first-order chi connectivity index (χ1) is 11.7. The van der Waals surface area contributed by atoms with Crippen molar-refractivity contribution >= 4 is 6.09 Å². The van der Waals surface area contributed by atoms with Crippen molar-refractivity contribution < 1.29 is 14.3 Å². The van der Waals surface area contributed by atoms with Crippen molar-refractivity contribution in [3.05, 3.63) is 60.2 Å². The van der Waals surface area contributed by atoms with Crippen molar-refractivity contribution in [1.29, 1.82) is 0 Å². The fourth-order valence-electron chi connectivity index (χ4n) is 3.98. The van der Waals surface area contributed by atoms with Gasteiger partial charge in [0.05, 0.1) is 12.1 Å². The Morgan fingerprint density at radius 2 is 1.75 bits per heavy atom. The molecule has 1 amide bonds. The van der Waals surface area contributed by atoms with E-state index in [9.17, 15) is 4.79 Å². The van der Waals surface area contributed by atoms with Gasteiger partial charge in [0.1, 0.15) is 11.5 Å². The van der Waals surface area contributed by atoms with Crippen LogP contribution in [0, 0.1) is 5.92 Å². The molecule has 0 N–H and O–H groups in total. The highest BCUT2D eigenvalue weighted by Crippen LogP contribution is 2.57. The highest BCUT2D eigenvalue weighted by molar-refractivity contribution is 5.70. The largest absolute Gasteiger partial charge is 0.457 e. The molecule has 0 atom stereocenters. The monoisotopic (exact) mass is 323 g/mol. The third kappa shape index (κ3) is 2.42. The number of carbonyl (C=O) groups is 1. The molecule has 4 heteroatoms. The molecule has 2 aromatic carbocycles. The standard InChI is InChI=1S/C20H21NO3/c1-2-23-19(22)21-14-15-12-20(21,13-15)16-8-10-18(11-9-16)24-17-6-4-3-5-7-17/h3-11,15H,2,12-14H2,1H3. The quantitative estimate of drug-likeness (QED) is 0.828. The Morgan fingerprint density at radius 1 is 1.08 bits per heavy atom. The van der Waals surface area contributed by atoms with Crippen LogP contribution in [-0.2, 0) is 10.3 Å². The van der Waals surface area contributed by atoms with Crippen LogP contribution in [-0.4, -0.2) is 24.1 Å². The maximum atomic E-state index is 12.2. The Labute approximate surface area is 142 Å². The molecule has 124 valence electrons. The lowest BCUT2D eigenvalue weighted by Gasteiger charge is -2.42. The zero-order chi connectivity index (χ0) is 16.6. The highest BCUT2D eigenvalue weighted by atomic mass is 16.6. The van der Waals surface area contributed by atoms with Crippen LogP contribution >= 0.6 is 0 Å². The van der Waals surface area contributed by atoms with Crippen LogP contribution in [0.1, 0.15) is 25.3 Å². The van der Waals surface area contributed by atoms with E-state index in [2.05, 4.69) is 12.1 Å². The third-order valence-electron chi connectivity index (χ3n) is 5.07. The van der Waals surface area contributed by atoms with Gasteiger partial charge in [-0.15, -0.1) is 0 Å². The van der Waals surface area contributed by atoms with E-state index in [-0.39, 0.29) is 11.6 Å². The van der Waals surface area contributed by atoms with E-state index in [1.165, 1.54) is 5.56 Å². The second kappa shape index (κ2) is 5.86. The Morgan fingerprint density at radius 3 is 2.42 bits per heavy atom. The van der Waals surface area contributed by atoms with Gasteiger partial charge in [0.25, 0.3) is 0 Å². The number of ether oxygens (including phenoxy) is 2. The Kier molecular flexibility index (Phi) is 3.68. The second-order valence-corrected chi connectivity index (χ2v) is 6.55. The molecule has 2 aliphatic heterocycles. The van der Waals surface area contributed by atoms with Crippen LogP contribution in [0.2, 0.25) is 0 Å². The van der Waals surface area contributed by atoms with Crippen molar-refractivity contribution in [2.75, 3.05) is 13.2 Å². The number of fused-ring (bicyclic) bond motifs is 1. The summed E-state index contributed by atoms with van der Waals surface area (Å²) < 4.78 is 11.1. The molecular formula is C20H21NO3. The lowest BCUT2D eigenvalue weighted by atomic mass is 9.69. The van der Waals surface area contributed by atoms with Gasteiger partial charge in [-0.05, 0) is 55.5 Å². The predicted octanol–water partition coefficient (Wildman–Crippen LogP) is 4.56. The van der Waals surface area contributed by atoms with Crippen molar-refractivity contribution in [2.24, 2.45) is 5.92 Å². The smallest absolute Gasteiger partial charge is 0.410 e. The highest BCUT2D eigenvalue weighted by Gasteiger charge is 2.59. The van der Waals surface area contributed by atoms with Crippen LogP contribution in [0.5, 0.6) is 11.5 Å². The van der Waals surface area contributed by atoms with Gasteiger partial charge in [-0.1, -0.05) is 30.3 Å². The normalized spacial score (nSPS) is 24.4. The summed E-state index contributed by atoms with van der Waals surface area (Å²) in [5.74, 6) is 2.23. The molecule has 2 heterocycles. The number of carbonyl (C=O) groups excluding carboxylic acids is 1. The zero-order valence-electron chi connectivity index (χ0n) is 13.8. The van der Waals surface area contributed by atoms with Gasteiger partial charge in [-0.25, -0.2) is 4.79 Å². The molecule has 0 aromatic heterocycles. The maximum absolute atomic E-state index is 12.2. The molecule has 24 heavy (non-hydrogen) atoms. The van der Waals surface area contributed by atoms with E-state index >= 15 is 0 Å². The molecule has 1 aliphatic carbocycles. The van der Waals surface area contributed by atoms with Gasteiger partial charge in [0, 0.05) is 6.54 Å². The van der Waals surface area contributed by atoms with E-state index in [0.29, 0.717) is 12.5 Å². The van der Waals surface area contributed by atoms with Gasteiger partial charge in [0.15, 0.2) is 0 Å². The molecule has 3 aliphatic rings. The number of rotatable bonds is 4. The number of hydrogen-bond acceptors (Lipinski definition) is 3. The summed E-state index contributed by atoms with van der Waals surface area (Å²) in [6.45, 7) is 3.07. The molecular weight excluding hydrogens is 302 g/mol. The predicted molar refractivity (Wildman–Crippen MR) is 91.1 cm³/mol. The van der Waals surface area contributed by atoms with E-state index in [1.807, 2.05) is 54.3 Å². The van der Waals surface area contributed by atoms with Gasteiger partial charge >= 0.3 is 6.09 Å². The SMILES string of the molecule is CCOC(=O)N1CC2CC1(c1ccc(Oc3ccccc3)cc1)C2. The third-order valence-corrected chi connectivity index (χ3v) is 5.07. The van der Waals surface area contributed by atoms with Crippen molar-refractivity contribution in [2.45, 2.75) is 25.3 Å². The summed E-state index contributed by atoms with van der Waals surface area (Å²) in [4.78, 5) is 14.2. The van der Waals surface area contributed by atoms with Gasteiger partial charge in [-0.3, -0.25) is 4.90 Å². The molecule has 1 saturated carbocycles. The van der Waals surface area contributed by atoms with Crippen LogP contribution in [0.4, 0.5) is 4.79 Å². The van der Waals surface area contributed by atoms with Gasteiger partial charge in [0.2, 0.25) is 0 Å². The van der Waals surface area contributed by atoms with Crippen molar-refractivity contribution in [3.8, 4) is 11.5 Å². The fraction of sp³-hybridized carbons (Fsp3) is 0.350. The van der Waals surface area contributed by atoms with E-state index < -0.39 is 0 Å². The van der Waals surface area contributed by atoms with Crippen molar-refractivity contribution in [3.63, 3.8) is 0 Å². The fourth-order valence-corrected chi connectivity index (χ4v) is 3.98. The first-order valence-corrected chi connectivity index (χ1v) is 8.49. The molecule has 2 aromatic rings. The molecule has 2 bridgehead atoms. The number of para-hydroxylation sites is 1. The Balaban J connectivity index is 1.53. The van der Waals surface area contributed by atoms with E-state index in [0.717, 1.165) is 30.9 Å².